The van der Waals surface area contributed by atoms with Crippen molar-refractivity contribution in [1.29, 1.82) is 0 Å². The lowest BCUT2D eigenvalue weighted by Crippen LogP contribution is -2.47. The van der Waals surface area contributed by atoms with E-state index in [0.29, 0.717) is 16.3 Å². The highest BCUT2D eigenvalue weighted by atomic mass is 35.5. The van der Waals surface area contributed by atoms with Crippen molar-refractivity contribution in [3.05, 3.63) is 71.4 Å². The second-order valence-electron chi connectivity index (χ2n) is 6.58. The predicted molar refractivity (Wildman–Crippen MR) is 108 cm³/mol. The summed E-state index contributed by atoms with van der Waals surface area (Å²) in [6, 6.07) is 15.5. The monoisotopic (exact) mass is 381 g/mol. The van der Waals surface area contributed by atoms with E-state index in [2.05, 4.69) is 15.6 Å². The highest BCUT2D eigenvalue weighted by Gasteiger charge is 2.25. The molecule has 0 saturated heterocycles. The molecular formula is C21H20ClN3O2. The van der Waals surface area contributed by atoms with E-state index >= 15 is 0 Å². The van der Waals surface area contributed by atoms with Crippen LogP contribution in [0, 0.1) is 5.92 Å². The minimum absolute atomic E-state index is 0.107. The van der Waals surface area contributed by atoms with Gasteiger partial charge in [-0.05, 0) is 30.2 Å². The van der Waals surface area contributed by atoms with Crippen molar-refractivity contribution in [2.45, 2.75) is 19.9 Å². The summed E-state index contributed by atoms with van der Waals surface area (Å²) >= 11 is 6.08. The molecule has 1 aromatic heterocycles. The van der Waals surface area contributed by atoms with Crippen LogP contribution in [0.5, 0.6) is 0 Å². The molecule has 3 aromatic rings. The van der Waals surface area contributed by atoms with Crippen molar-refractivity contribution in [3.8, 4) is 0 Å². The van der Waals surface area contributed by atoms with E-state index in [1.165, 1.54) is 0 Å². The van der Waals surface area contributed by atoms with E-state index in [4.69, 9.17) is 11.6 Å². The maximum atomic E-state index is 12.8. The molecule has 0 aliphatic rings. The largest absolute Gasteiger partial charge is 0.340 e. The maximum Gasteiger partial charge on any atom is 0.253 e. The molecule has 0 spiro atoms. The SMILES string of the molecule is CC(C)[C@H](NC(=O)c1ccccc1Cl)C(=O)Nc1cnc2ccccc2c1. The van der Waals surface area contributed by atoms with E-state index in [0.717, 1.165) is 10.9 Å². The molecule has 2 aromatic carbocycles. The van der Waals surface area contributed by atoms with E-state index in [1.807, 2.05) is 44.2 Å². The second kappa shape index (κ2) is 8.18. The molecule has 3 rings (SSSR count). The molecule has 1 heterocycles. The third-order valence-corrected chi connectivity index (χ3v) is 4.54. The molecule has 138 valence electrons. The average molecular weight is 382 g/mol. The summed E-state index contributed by atoms with van der Waals surface area (Å²) in [5.74, 6) is -0.793. The lowest BCUT2D eigenvalue weighted by molar-refractivity contribution is -0.118. The summed E-state index contributed by atoms with van der Waals surface area (Å²) in [6.45, 7) is 3.74. The summed E-state index contributed by atoms with van der Waals surface area (Å²) in [7, 11) is 0. The number of nitrogens with one attached hydrogen (secondary N) is 2. The first kappa shape index (κ1) is 18.9. The van der Waals surface area contributed by atoms with E-state index < -0.39 is 6.04 Å². The normalized spacial score (nSPS) is 12.0. The molecule has 6 heteroatoms. The first-order valence-corrected chi connectivity index (χ1v) is 9.04. The van der Waals surface area contributed by atoms with Gasteiger partial charge in [-0.3, -0.25) is 14.6 Å². The van der Waals surface area contributed by atoms with Gasteiger partial charge >= 0.3 is 0 Å². The maximum absolute atomic E-state index is 12.8. The molecule has 0 aliphatic heterocycles. The Bertz CT molecular complexity index is 988. The van der Waals surface area contributed by atoms with Gasteiger partial charge in [0.1, 0.15) is 6.04 Å². The molecule has 0 fully saturated rings. The zero-order valence-electron chi connectivity index (χ0n) is 15.1. The molecule has 5 nitrogen and oxygen atoms in total. The van der Waals surface area contributed by atoms with Crippen LogP contribution in [-0.4, -0.2) is 22.8 Å². The number of rotatable bonds is 5. The molecule has 0 radical (unpaired) electrons. The quantitative estimate of drug-likeness (QED) is 0.692. The van der Waals surface area contributed by atoms with Gasteiger partial charge in [-0.25, -0.2) is 0 Å². The Morgan fingerprint density at radius 3 is 2.48 bits per heavy atom. The Balaban J connectivity index is 1.76. The zero-order chi connectivity index (χ0) is 19.4. The first-order valence-electron chi connectivity index (χ1n) is 8.67. The summed E-state index contributed by atoms with van der Waals surface area (Å²) in [4.78, 5) is 29.6. The van der Waals surface area contributed by atoms with E-state index in [9.17, 15) is 9.59 Å². The smallest absolute Gasteiger partial charge is 0.253 e. The topological polar surface area (TPSA) is 71.1 Å². The number of carbonyl (C=O) groups is 2. The van der Waals surface area contributed by atoms with Crippen molar-refractivity contribution in [1.82, 2.24) is 10.3 Å². The number of carbonyl (C=O) groups excluding carboxylic acids is 2. The molecule has 1 atom stereocenters. The lowest BCUT2D eigenvalue weighted by atomic mass is 10.0. The zero-order valence-corrected chi connectivity index (χ0v) is 15.8. The van der Waals surface area contributed by atoms with Gasteiger partial charge in [0.05, 0.1) is 28.0 Å². The van der Waals surface area contributed by atoms with Crippen LogP contribution in [0.1, 0.15) is 24.2 Å². The number of anilines is 1. The van der Waals surface area contributed by atoms with Gasteiger partial charge in [-0.2, -0.15) is 0 Å². The van der Waals surface area contributed by atoms with Gasteiger partial charge in [0.25, 0.3) is 5.91 Å². The van der Waals surface area contributed by atoms with Gasteiger partial charge in [-0.1, -0.05) is 55.8 Å². The van der Waals surface area contributed by atoms with Gasteiger partial charge in [-0.15, -0.1) is 0 Å². The van der Waals surface area contributed by atoms with Gasteiger partial charge in [0.15, 0.2) is 0 Å². The van der Waals surface area contributed by atoms with Crippen molar-refractivity contribution in [2.24, 2.45) is 5.92 Å². The Kier molecular flexibility index (Phi) is 5.72. The third-order valence-electron chi connectivity index (χ3n) is 4.21. The number of hydrogen-bond donors (Lipinski definition) is 2. The van der Waals surface area contributed by atoms with Gasteiger partial charge in [0, 0.05) is 5.39 Å². The summed E-state index contributed by atoms with van der Waals surface area (Å²) in [5, 5.41) is 6.88. The molecule has 0 saturated carbocycles. The first-order chi connectivity index (χ1) is 13.0. The second-order valence-corrected chi connectivity index (χ2v) is 6.99. The molecule has 2 amide bonds. The molecule has 0 unspecified atom stereocenters. The highest BCUT2D eigenvalue weighted by Crippen LogP contribution is 2.18. The highest BCUT2D eigenvalue weighted by molar-refractivity contribution is 6.33. The minimum Gasteiger partial charge on any atom is -0.340 e. The molecule has 27 heavy (non-hydrogen) atoms. The van der Waals surface area contributed by atoms with Crippen LogP contribution in [-0.2, 0) is 4.79 Å². The third kappa shape index (κ3) is 4.44. The van der Waals surface area contributed by atoms with Crippen LogP contribution >= 0.6 is 11.6 Å². The Hall–Kier alpha value is -2.92. The Labute approximate surface area is 162 Å². The van der Waals surface area contributed by atoms with Crippen LogP contribution in [0.15, 0.2) is 60.8 Å². The number of amides is 2. The number of benzene rings is 2. The van der Waals surface area contributed by atoms with Crippen molar-refractivity contribution in [2.75, 3.05) is 5.32 Å². The fourth-order valence-electron chi connectivity index (χ4n) is 2.76. The van der Waals surface area contributed by atoms with Crippen LogP contribution in [0.4, 0.5) is 5.69 Å². The molecule has 0 bridgehead atoms. The number of aromatic nitrogens is 1. The summed E-state index contributed by atoms with van der Waals surface area (Å²) in [5.41, 5.74) is 1.77. The molecule has 0 aliphatic carbocycles. The van der Waals surface area contributed by atoms with Crippen molar-refractivity contribution >= 4 is 40.0 Å². The number of halogens is 1. The van der Waals surface area contributed by atoms with Crippen LogP contribution in [0.25, 0.3) is 10.9 Å². The Morgan fingerprint density at radius 2 is 1.74 bits per heavy atom. The minimum atomic E-state index is -0.708. The van der Waals surface area contributed by atoms with Crippen LogP contribution < -0.4 is 10.6 Å². The fraction of sp³-hybridized carbons (Fsp3) is 0.190. The summed E-state index contributed by atoms with van der Waals surface area (Å²) in [6.07, 6.45) is 1.60. The van der Waals surface area contributed by atoms with Crippen LogP contribution in [0.2, 0.25) is 5.02 Å². The molecular weight excluding hydrogens is 362 g/mol. The molecule has 2 N–H and O–H groups in total. The van der Waals surface area contributed by atoms with Crippen molar-refractivity contribution < 1.29 is 9.59 Å². The van der Waals surface area contributed by atoms with Gasteiger partial charge in [0.2, 0.25) is 5.91 Å². The number of fused-ring (bicyclic) bond motifs is 1. The Morgan fingerprint density at radius 1 is 1.04 bits per heavy atom. The van der Waals surface area contributed by atoms with Crippen LogP contribution in [0.3, 0.4) is 0 Å². The predicted octanol–water partition coefficient (Wildman–Crippen LogP) is 4.28. The number of para-hydroxylation sites is 1. The standard InChI is InChI=1S/C21H20ClN3O2/c1-13(2)19(25-20(26)16-8-4-5-9-17(16)22)21(27)24-15-11-14-7-3-6-10-18(14)23-12-15/h3-13,19H,1-2H3,(H,24,27)(H,25,26)/t19-/m0/s1. The average Bonchev–Trinajstić information content (AvgIpc) is 2.65. The van der Waals surface area contributed by atoms with E-state index in [-0.39, 0.29) is 17.7 Å². The number of pyridine rings is 1. The fourth-order valence-corrected chi connectivity index (χ4v) is 2.98. The number of hydrogen-bond acceptors (Lipinski definition) is 3. The van der Waals surface area contributed by atoms with Crippen molar-refractivity contribution in [3.63, 3.8) is 0 Å². The van der Waals surface area contributed by atoms with Gasteiger partial charge < -0.3 is 10.6 Å². The van der Waals surface area contributed by atoms with E-state index in [1.54, 1.807) is 30.5 Å². The summed E-state index contributed by atoms with van der Waals surface area (Å²) < 4.78 is 0. The number of nitrogens with zero attached hydrogens (tertiary/aromatic N) is 1. The lowest BCUT2D eigenvalue weighted by Gasteiger charge is -2.22.